The Kier molecular flexibility index (Phi) is 18.5. The molecule has 2 saturated heterocycles. The van der Waals surface area contributed by atoms with Crippen molar-refractivity contribution in [3.8, 4) is 0 Å². The van der Waals surface area contributed by atoms with E-state index in [1.165, 1.54) is 0 Å². The molecule has 10 heteroatoms. The average Bonchev–Trinajstić information content (AvgIpc) is 3.38. The van der Waals surface area contributed by atoms with E-state index in [-0.39, 0.29) is 33.0 Å². The quantitative estimate of drug-likeness (QED) is 0.0547. The van der Waals surface area contributed by atoms with E-state index in [9.17, 15) is 0 Å². The van der Waals surface area contributed by atoms with Gasteiger partial charge in [-0.1, -0.05) is 188 Å². The van der Waals surface area contributed by atoms with Crippen molar-refractivity contribution in [2.75, 3.05) is 13.2 Å². The molecule has 10 nitrogen and oxygen atoms in total. The molecule has 2 heterocycles. The molecule has 8 rings (SSSR count). The van der Waals surface area contributed by atoms with Crippen LogP contribution in [0.4, 0.5) is 0 Å². The van der Waals surface area contributed by atoms with Crippen LogP contribution in [0.1, 0.15) is 40.3 Å². The minimum Gasteiger partial charge on any atom is -0.374 e. The van der Waals surface area contributed by atoms with Crippen LogP contribution in [0.3, 0.4) is 0 Å². The van der Waals surface area contributed by atoms with Crippen molar-refractivity contribution in [1.29, 1.82) is 0 Å². The zero-order valence-electron chi connectivity index (χ0n) is 38.1. The monoisotopic (exact) mass is 906 g/mol. The van der Waals surface area contributed by atoms with Crippen molar-refractivity contribution in [3.63, 3.8) is 0 Å². The number of hydrogen-bond acceptors (Lipinski definition) is 10. The van der Waals surface area contributed by atoms with E-state index in [0.717, 1.165) is 33.4 Å². The van der Waals surface area contributed by atoms with Crippen LogP contribution >= 0.6 is 0 Å². The maximum atomic E-state index is 7.38. The molecule has 0 bridgehead atoms. The Labute approximate surface area is 395 Å². The Bertz CT molecular complexity index is 2270. The van der Waals surface area contributed by atoms with Gasteiger partial charge in [0.2, 0.25) is 0 Å². The van der Waals surface area contributed by atoms with Crippen LogP contribution in [0, 0.1) is 0 Å². The van der Waals surface area contributed by atoms with Gasteiger partial charge in [-0.15, -0.1) is 6.58 Å². The van der Waals surface area contributed by atoms with E-state index in [1.54, 1.807) is 6.08 Å². The van der Waals surface area contributed by atoms with Gasteiger partial charge in [-0.3, -0.25) is 0 Å². The van der Waals surface area contributed by atoms with E-state index < -0.39 is 61.4 Å². The summed E-state index contributed by atoms with van der Waals surface area (Å²) >= 11 is 0. The van der Waals surface area contributed by atoms with Crippen molar-refractivity contribution in [2.24, 2.45) is 0 Å². The lowest BCUT2D eigenvalue weighted by Gasteiger charge is -2.50. The summed E-state index contributed by atoms with van der Waals surface area (Å²) in [5.41, 5.74) is 6.01. The second kappa shape index (κ2) is 25.7. The summed E-state index contributed by atoms with van der Waals surface area (Å²) in [5.74, 6) is 0. The number of benzene rings is 6. The van der Waals surface area contributed by atoms with Gasteiger partial charge in [-0.05, 0) is 40.3 Å². The van der Waals surface area contributed by atoms with Gasteiger partial charge < -0.3 is 47.4 Å². The molecule has 0 unspecified atom stereocenters. The minimum absolute atomic E-state index is 0.138. The molecule has 0 spiro atoms. The van der Waals surface area contributed by atoms with Gasteiger partial charge in [0.15, 0.2) is 12.6 Å². The fourth-order valence-electron chi connectivity index (χ4n) is 8.37. The second-order valence-corrected chi connectivity index (χ2v) is 16.8. The zero-order chi connectivity index (χ0) is 45.9. The third kappa shape index (κ3) is 14.1. The Morgan fingerprint density at radius 1 is 0.388 bits per heavy atom. The molecule has 67 heavy (non-hydrogen) atoms. The van der Waals surface area contributed by atoms with Gasteiger partial charge in [0.05, 0.1) is 59.0 Å². The normalized spacial score (nSPS) is 25.1. The summed E-state index contributed by atoms with van der Waals surface area (Å²) in [7, 11) is 0. The Morgan fingerprint density at radius 2 is 0.731 bits per heavy atom. The summed E-state index contributed by atoms with van der Waals surface area (Å²) in [4.78, 5) is 0. The maximum Gasteiger partial charge on any atom is 0.187 e. The molecule has 6 aromatic carbocycles. The lowest BCUT2D eigenvalue weighted by atomic mass is 9.96. The molecule has 0 aromatic heterocycles. The predicted molar refractivity (Wildman–Crippen MR) is 255 cm³/mol. The van der Waals surface area contributed by atoms with Crippen LogP contribution in [0.25, 0.3) is 0 Å². The Hall–Kier alpha value is -5.34. The van der Waals surface area contributed by atoms with Crippen LogP contribution in [0.5, 0.6) is 0 Å². The fraction of sp³-hybridized carbons (Fsp3) is 0.333. The highest BCUT2D eigenvalue weighted by Crippen LogP contribution is 2.36. The van der Waals surface area contributed by atoms with Crippen LogP contribution in [-0.2, 0) is 87.0 Å². The lowest BCUT2D eigenvalue weighted by Crippen LogP contribution is -2.66. The highest BCUT2D eigenvalue weighted by atomic mass is 16.8. The van der Waals surface area contributed by atoms with Crippen LogP contribution in [-0.4, -0.2) is 74.6 Å². The molecule has 2 aliphatic rings. The van der Waals surface area contributed by atoms with Gasteiger partial charge in [0.25, 0.3) is 0 Å². The highest BCUT2D eigenvalue weighted by molar-refractivity contribution is 5.18. The van der Waals surface area contributed by atoms with Crippen LogP contribution in [0.2, 0.25) is 0 Å². The topological polar surface area (TPSA) is 92.3 Å². The smallest absolute Gasteiger partial charge is 0.187 e. The Balaban J connectivity index is 1.16. The second-order valence-electron chi connectivity index (χ2n) is 16.8. The van der Waals surface area contributed by atoms with E-state index in [2.05, 4.69) is 6.58 Å². The molecular weight excluding hydrogens is 845 g/mol. The van der Waals surface area contributed by atoms with E-state index >= 15 is 0 Å². The summed E-state index contributed by atoms with van der Waals surface area (Å²) in [6.45, 7) is 8.08. The average molecular weight is 907 g/mol. The largest absolute Gasteiger partial charge is 0.374 e. The first-order chi connectivity index (χ1) is 33.1. The van der Waals surface area contributed by atoms with Crippen LogP contribution in [0.15, 0.2) is 195 Å². The van der Waals surface area contributed by atoms with Gasteiger partial charge in [0, 0.05) is 0 Å². The lowest BCUT2D eigenvalue weighted by molar-refractivity contribution is -0.373. The SMILES string of the molecule is C=CCO[C@H]1O[C@H](COCc2ccccc2)[C@@H](O[C@@H]2O[C@H](C)[C@@H](OCc3ccccc3)[C@H](OCc3ccccc3)[C@H]2OCc2ccccc2)[C@H](OCc2ccccc2)[C@H]1OCc1ccccc1. The molecule has 0 N–H and O–H groups in total. The minimum atomic E-state index is -0.996. The summed E-state index contributed by atoms with van der Waals surface area (Å²) in [6.07, 6.45) is -5.73. The van der Waals surface area contributed by atoms with Gasteiger partial charge in [-0.25, -0.2) is 0 Å². The standard InChI is InChI=1S/C57H62O10/c1-3-34-59-56-54(63-39-47-30-18-8-19-31-47)53(62-38-46-28-16-7-17-29-46)51(49(66-56)41-58-35-43-22-10-4-11-23-43)67-57-55(64-40-48-32-20-9-21-33-48)52(61-37-45-26-14-6-15-27-45)50(42(2)65-57)60-36-44-24-12-5-13-25-44/h3-33,42,49-57H,1,34-41H2,2H3/t42-,49-,50-,51-,52+,53+,54-,55-,56+,57+/m1/s1. The van der Waals surface area contributed by atoms with Crippen molar-refractivity contribution in [2.45, 2.75) is 108 Å². The predicted octanol–water partition coefficient (Wildman–Crippen LogP) is 10.2. The molecule has 0 aliphatic carbocycles. The number of rotatable bonds is 24. The van der Waals surface area contributed by atoms with Crippen molar-refractivity contribution < 1.29 is 47.4 Å². The number of ether oxygens (including phenoxy) is 10. The van der Waals surface area contributed by atoms with Crippen molar-refractivity contribution >= 4 is 0 Å². The molecule has 6 aromatic rings. The summed E-state index contributed by atoms with van der Waals surface area (Å²) < 4.78 is 68.7. The fourth-order valence-corrected chi connectivity index (χ4v) is 8.37. The third-order valence-corrected chi connectivity index (χ3v) is 11.8. The first-order valence-electron chi connectivity index (χ1n) is 23.2. The summed E-state index contributed by atoms with van der Waals surface area (Å²) in [5, 5.41) is 0. The molecule has 350 valence electrons. The molecule has 2 aliphatic heterocycles. The molecule has 0 saturated carbocycles. The van der Waals surface area contributed by atoms with Crippen molar-refractivity contribution in [3.05, 3.63) is 228 Å². The van der Waals surface area contributed by atoms with Crippen molar-refractivity contribution in [1.82, 2.24) is 0 Å². The molecule has 10 atom stereocenters. The molecule has 0 radical (unpaired) electrons. The first-order valence-corrected chi connectivity index (χ1v) is 23.2. The van der Waals surface area contributed by atoms with E-state index in [0.29, 0.717) is 19.8 Å². The molecule has 0 amide bonds. The zero-order valence-corrected chi connectivity index (χ0v) is 38.1. The number of hydrogen-bond donors (Lipinski definition) is 0. The third-order valence-electron chi connectivity index (χ3n) is 11.8. The van der Waals surface area contributed by atoms with E-state index in [4.69, 9.17) is 47.4 Å². The van der Waals surface area contributed by atoms with Gasteiger partial charge in [-0.2, -0.15) is 0 Å². The first kappa shape index (κ1) is 48.1. The van der Waals surface area contributed by atoms with Gasteiger partial charge in [0.1, 0.15) is 42.7 Å². The highest BCUT2D eigenvalue weighted by Gasteiger charge is 2.54. The summed E-state index contributed by atoms with van der Waals surface area (Å²) in [6, 6.07) is 60.3. The maximum absolute atomic E-state index is 7.38. The molecular formula is C57H62O10. The van der Waals surface area contributed by atoms with Gasteiger partial charge >= 0.3 is 0 Å². The Morgan fingerprint density at radius 3 is 1.13 bits per heavy atom. The van der Waals surface area contributed by atoms with E-state index in [1.807, 2.05) is 189 Å². The van der Waals surface area contributed by atoms with Crippen LogP contribution < -0.4 is 0 Å². The molecule has 2 fully saturated rings.